The van der Waals surface area contributed by atoms with Crippen LogP contribution in [0.2, 0.25) is 0 Å². The summed E-state index contributed by atoms with van der Waals surface area (Å²) in [4.78, 5) is 60.6. The number of carbonyl (C=O) groups is 4. The first kappa shape index (κ1) is 38.4. The van der Waals surface area contributed by atoms with Gasteiger partial charge in [0.2, 0.25) is 5.82 Å². The number of ether oxygens (including phenoxy) is 1. The smallest absolute Gasteiger partial charge is 0.309 e. The van der Waals surface area contributed by atoms with Gasteiger partial charge in [-0.1, -0.05) is 48.5 Å². The molecule has 1 amide bonds. The Hall–Kier alpha value is -2.81. The van der Waals surface area contributed by atoms with Crippen molar-refractivity contribution in [1.29, 1.82) is 0 Å². The molecule has 50 heavy (non-hydrogen) atoms. The Morgan fingerprint density at radius 1 is 0.940 bits per heavy atom. The number of allylic oxidation sites excluding steroid dienone is 1. The number of nitrogens with zero attached hydrogens (tertiary/aromatic N) is 2. The lowest BCUT2D eigenvalue weighted by Gasteiger charge is -2.72. The van der Waals surface area contributed by atoms with Gasteiger partial charge in [0, 0.05) is 24.2 Å². The first-order valence-corrected chi connectivity index (χ1v) is 18.5. The summed E-state index contributed by atoms with van der Waals surface area (Å²) >= 11 is 0. The van der Waals surface area contributed by atoms with Crippen LogP contribution in [0.25, 0.3) is 0 Å². The van der Waals surface area contributed by atoms with Crippen molar-refractivity contribution in [2.45, 2.75) is 138 Å². The fraction of sp³-hybridized carbons (Fsp3) is 0.750. The summed E-state index contributed by atoms with van der Waals surface area (Å²) in [7, 11) is 0. The molecule has 8 atom stereocenters. The highest BCUT2D eigenvalue weighted by atomic mass is 35.5. The van der Waals surface area contributed by atoms with Crippen molar-refractivity contribution in [2.24, 2.45) is 50.7 Å². The van der Waals surface area contributed by atoms with E-state index in [1.807, 2.05) is 0 Å². The van der Waals surface area contributed by atoms with E-state index in [0.717, 1.165) is 50.5 Å². The predicted molar refractivity (Wildman–Crippen MR) is 192 cm³/mol. The number of hydrogen-bond donors (Lipinski definition) is 2. The highest BCUT2D eigenvalue weighted by Crippen LogP contribution is 2.76. The average Bonchev–Trinajstić information content (AvgIpc) is 3.30. The third kappa shape index (κ3) is 5.63. The van der Waals surface area contributed by atoms with Crippen LogP contribution in [-0.4, -0.2) is 50.3 Å². The Labute approximate surface area is 304 Å². The quantitative estimate of drug-likeness (QED) is 0.274. The van der Waals surface area contributed by atoms with Crippen LogP contribution >= 0.6 is 12.4 Å². The van der Waals surface area contributed by atoms with Crippen LogP contribution in [-0.2, 0) is 19.1 Å². The van der Waals surface area contributed by atoms with E-state index in [2.05, 4.69) is 63.8 Å². The van der Waals surface area contributed by atoms with Crippen LogP contribution in [0, 0.1) is 50.7 Å². The topological polar surface area (TPSA) is 136 Å². The molecule has 9 nitrogen and oxygen atoms in total. The minimum Gasteiger partial charge on any atom is -0.481 e. The minimum atomic E-state index is -1.17. The summed E-state index contributed by atoms with van der Waals surface area (Å²) in [5.41, 5.74) is -0.0353. The maximum atomic E-state index is 13.9. The Morgan fingerprint density at radius 2 is 1.60 bits per heavy atom. The van der Waals surface area contributed by atoms with E-state index in [0.29, 0.717) is 24.7 Å². The second-order valence-corrected chi connectivity index (χ2v) is 18.5. The zero-order valence-electron chi connectivity index (χ0n) is 31.5. The zero-order valence-corrected chi connectivity index (χ0v) is 32.3. The number of esters is 1. The monoisotopic (exact) mass is 711 g/mol. The lowest BCUT2D eigenvalue weighted by atomic mass is 9.33. The molecule has 10 heteroatoms. The summed E-state index contributed by atoms with van der Waals surface area (Å²) < 4.78 is 6.14. The number of nitrogens with one attached hydrogen (secondary N) is 1. The van der Waals surface area contributed by atoms with Crippen LogP contribution in [0.15, 0.2) is 29.6 Å². The molecule has 5 aliphatic carbocycles. The Kier molecular flexibility index (Phi) is 9.76. The number of Topliss-reactive ketones (excluding diaryl/α,β-unsaturated/α-hetero) is 1. The third-order valence-electron chi connectivity index (χ3n) is 14.9. The maximum Gasteiger partial charge on any atom is 0.309 e. The number of amides is 1. The van der Waals surface area contributed by atoms with E-state index in [4.69, 9.17) is 4.74 Å². The molecule has 0 aliphatic heterocycles. The van der Waals surface area contributed by atoms with E-state index < -0.39 is 22.9 Å². The SMILES string of the molecule is CC(C)C1=C2C3CCC4[C@@]5(C)CC[C@H](OC(=O)CC(C)(C)C(=O)O)C(C)(C)C5CC[C@@]4(C)[C@]3(C)CC[C@@]2(NC(=O)c2ncccn2)CC1=O.Cl. The van der Waals surface area contributed by atoms with E-state index in [1.165, 1.54) is 5.57 Å². The molecular weight excluding hydrogens is 654 g/mol. The Morgan fingerprint density at radius 3 is 2.22 bits per heavy atom. The van der Waals surface area contributed by atoms with Crippen molar-refractivity contribution in [3.63, 3.8) is 0 Å². The number of halogens is 1. The summed E-state index contributed by atoms with van der Waals surface area (Å²) in [6.45, 7) is 19.4. The second kappa shape index (κ2) is 12.7. The van der Waals surface area contributed by atoms with Crippen molar-refractivity contribution >= 4 is 36.0 Å². The summed E-state index contributed by atoms with van der Waals surface area (Å²) in [6, 6.07) is 1.69. The van der Waals surface area contributed by atoms with E-state index in [-0.39, 0.29) is 75.9 Å². The second-order valence-electron chi connectivity index (χ2n) is 18.5. The molecule has 0 saturated heterocycles. The first-order valence-electron chi connectivity index (χ1n) is 18.5. The molecule has 0 spiro atoms. The number of aliphatic carboxylic acids is 1. The number of carboxylic acid groups (broad SMARTS) is 1. The molecule has 0 bridgehead atoms. The number of ketones is 1. The number of fused-ring (bicyclic) bond motifs is 7. The van der Waals surface area contributed by atoms with Gasteiger partial charge in [-0.25, -0.2) is 9.97 Å². The van der Waals surface area contributed by atoms with Crippen LogP contribution in [0.1, 0.15) is 137 Å². The van der Waals surface area contributed by atoms with Crippen LogP contribution in [0.3, 0.4) is 0 Å². The van der Waals surface area contributed by atoms with Crippen molar-refractivity contribution in [2.75, 3.05) is 0 Å². The standard InChI is InChI=1S/C40H57N3O6.ClH/c1-23(2)30-25(44)21-40(43-33(46)32-41-19-10-20-42-32)18-17-38(8)24(31(30)40)11-12-27-37(7)15-14-28(49-29(45)22-35(3,4)34(47)48)36(5,6)26(37)13-16-39(27,38)9;/h10,19-20,23-24,26-28H,11-18,21-22H2,1-9H3,(H,43,46)(H,47,48);1H/t24?,26?,27?,28-,37-,38+,39+,40+;/m0./s1. The largest absolute Gasteiger partial charge is 0.481 e. The predicted octanol–water partition coefficient (Wildman–Crippen LogP) is 7.77. The van der Waals surface area contributed by atoms with Gasteiger partial charge in [0.05, 0.1) is 17.4 Å². The lowest BCUT2D eigenvalue weighted by molar-refractivity contribution is -0.232. The molecule has 0 radical (unpaired) electrons. The number of carboxylic acids is 1. The fourth-order valence-electron chi connectivity index (χ4n) is 12.3. The Bertz CT molecular complexity index is 1590. The molecule has 1 aromatic heterocycles. The van der Waals surface area contributed by atoms with Crippen LogP contribution < -0.4 is 5.32 Å². The third-order valence-corrected chi connectivity index (χ3v) is 14.9. The van der Waals surface area contributed by atoms with Gasteiger partial charge in [0.1, 0.15) is 6.10 Å². The molecular formula is C40H58ClN3O6. The molecule has 1 aromatic rings. The van der Waals surface area contributed by atoms with Crippen molar-refractivity contribution in [3.8, 4) is 0 Å². The molecule has 5 aliphatic rings. The summed E-state index contributed by atoms with van der Waals surface area (Å²) in [5, 5.41) is 12.9. The highest BCUT2D eigenvalue weighted by Gasteiger charge is 2.70. The average molecular weight is 712 g/mol. The van der Waals surface area contributed by atoms with Gasteiger partial charge in [-0.15, -0.1) is 12.4 Å². The molecule has 3 unspecified atom stereocenters. The van der Waals surface area contributed by atoms with Crippen LogP contribution in [0.5, 0.6) is 0 Å². The van der Waals surface area contributed by atoms with E-state index >= 15 is 0 Å². The van der Waals surface area contributed by atoms with Gasteiger partial charge in [-0.2, -0.15) is 0 Å². The van der Waals surface area contributed by atoms with Crippen LogP contribution in [0.4, 0.5) is 0 Å². The molecule has 276 valence electrons. The number of hydrogen-bond acceptors (Lipinski definition) is 7. The minimum absolute atomic E-state index is 0. The fourth-order valence-corrected chi connectivity index (χ4v) is 12.3. The van der Waals surface area contributed by atoms with Gasteiger partial charge >= 0.3 is 11.9 Å². The Balaban J connectivity index is 0.00000486. The van der Waals surface area contributed by atoms with E-state index in [1.54, 1.807) is 32.3 Å². The highest BCUT2D eigenvalue weighted by molar-refractivity contribution is 6.03. The van der Waals surface area contributed by atoms with E-state index in [9.17, 15) is 24.3 Å². The molecule has 4 saturated carbocycles. The first-order chi connectivity index (χ1) is 22.7. The summed E-state index contributed by atoms with van der Waals surface area (Å²) in [5.74, 6) is -0.397. The summed E-state index contributed by atoms with van der Waals surface area (Å²) in [6.07, 6.45) is 10.5. The van der Waals surface area contributed by atoms with Crippen molar-refractivity contribution in [1.82, 2.24) is 15.3 Å². The molecule has 2 N–H and O–H groups in total. The molecule has 6 rings (SSSR count). The van der Waals surface area contributed by atoms with Crippen molar-refractivity contribution in [3.05, 3.63) is 35.4 Å². The van der Waals surface area contributed by atoms with Gasteiger partial charge < -0.3 is 15.2 Å². The zero-order chi connectivity index (χ0) is 35.9. The molecule has 0 aromatic carbocycles. The van der Waals surface area contributed by atoms with Gasteiger partial charge in [0.25, 0.3) is 5.91 Å². The van der Waals surface area contributed by atoms with Crippen molar-refractivity contribution < 1.29 is 29.0 Å². The molecule has 4 fully saturated rings. The van der Waals surface area contributed by atoms with Gasteiger partial charge in [-0.05, 0) is 122 Å². The lowest BCUT2D eigenvalue weighted by Crippen LogP contribution is -2.67. The number of rotatable bonds is 7. The normalized spacial score (nSPS) is 37.4. The molecule has 1 heterocycles. The number of carbonyl (C=O) groups excluding carboxylic acids is 3. The van der Waals surface area contributed by atoms with Gasteiger partial charge in [-0.3, -0.25) is 19.2 Å². The maximum absolute atomic E-state index is 13.9. The van der Waals surface area contributed by atoms with Gasteiger partial charge in [0.15, 0.2) is 5.78 Å². The number of aromatic nitrogens is 2.